The van der Waals surface area contributed by atoms with E-state index >= 15 is 0 Å². The lowest BCUT2D eigenvalue weighted by Crippen LogP contribution is -2.57. The van der Waals surface area contributed by atoms with Crippen molar-refractivity contribution in [3.05, 3.63) is 35.4 Å². The van der Waals surface area contributed by atoms with E-state index in [-0.39, 0.29) is 12.4 Å². The van der Waals surface area contributed by atoms with E-state index in [9.17, 15) is 8.78 Å². The van der Waals surface area contributed by atoms with Gasteiger partial charge >= 0.3 is 5.92 Å². The van der Waals surface area contributed by atoms with Gasteiger partial charge in [0, 0.05) is 0 Å². The number of amidine groups is 1. The molecule has 3 nitrogen and oxygen atoms in total. The molecule has 1 aromatic rings. The van der Waals surface area contributed by atoms with Gasteiger partial charge in [-0.25, -0.2) is 4.99 Å². The van der Waals surface area contributed by atoms with Gasteiger partial charge in [0.2, 0.25) is 5.01 Å². The van der Waals surface area contributed by atoms with Gasteiger partial charge in [0.1, 0.15) is 0 Å². The quantitative estimate of drug-likeness (QED) is 0.743. The number of ether oxygens (including phenoxy) is 1. The van der Waals surface area contributed by atoms with Crippen molar-refractivity contribution in [2.75, 3.05) is 0 Å². The van der Waals surface area contributed by atoms with Crippen LogP contribution in [0.25, 0.3) is 0 Å². The van der Waals surface area contributed by atoms with Crippen molar-refractivity contribution in [3.8, 4) is 0 Å². The zero-order valence-corrected chi connectivity index (χ0v) is 11.7. The molecule has 0 saturated heterocycles. The van der Waals surface area contributed by atoms with Gasteiger partial charge in [-0.05, 0) is 46.3 Å². The highest BCUT2D eigenvalue weighted by molar-refractivity contribution is 9.09. The van der Waals surface area contributed by atoms with Gasteiger partial charge < -0.3 is 10.5 Å². The number of hydrogen-bond donors (Lipinski definition) is 1. The molecule has 0 aromatic heterocycles. The monoisotopic (exact) mass is 330 g/mol. The van der Waals surface area contributed by atoms with E-state index in [1.54, 1.807) is 12.1 Å². The van der Waals surface area contributed by atoms with E-state index in [0.29, 0.717) is 12.0 Å². The van der Waals surface area contributed by atoms with Crippen LogP contribution in [-0.4, -0.2) is 17.0 Å². The first-order chi connectivity index (χ1) is 8.97. The van der Waals surface area contributed by atoms with Crippen molar-refractivity contribution in [2.24, 2.45) is 10.7 Å². The van der Waals surface area contributed by atoms with E-state index in [1.807, 2.05) is 12.1 Å². The van der Waals surface area contributed by atoms with Crippen LogP contribution in [0.5, 0.6) is 0 Å². The van der Waals surface area contributed by atoms with Crippen molar-refractivity contribution in [3.63, 3.8) is 0 Å². The highest BCUT2D eigenvalue weighted by Crippen LogP contribution is 2.53. The maximum absolute atomic E-state index is 14.7. The molecule has 1 aromatic carbocycles. The summed E-state index contributed by atoms with van der Waals surface area (Å²) in [7, 11) is 0. The standard InChI is InChI=1S/C13H13BrF2N2O/c14-10-13(15,16)12(18-11(17)19-10)7-3-5-8-4-1-2-6-9(8)12/h1-2,4,6,10H,3,5,7H2,(H2,17,18)/t10?,12-/m1/s1. The van der Waals surface area contributed by atoms with Crippen molar-refractivity contribution in [1.29, 1.82) is 0 Å². The normalized spacial score (nSPS) is 32.4. The first-order valence-electron chi connectivity index (χ1n) is 6.10. The Kier molecular flexibility index (Phi) is 2.81. The molecule has 0 saturated carbocycles. The Morgan fingerprint density at radius 1 is 1.37 bits per heavy atom. The van der Waals surface area contributed by atoms with Gasteiger partial charge in [-0.2, -0.15) is 8.78 Å². The molecule has 2 aliphatic rings. The molecule has 0 fully saturated rings. The number of aryl methyl sites for hydroxylation is 1. The van der Waals surface area contributed by atoms with Crippen molar-refractivity contribution >= 4 is 22.0 Å². The third kappa shape index (κ3) is 1.69. The molecule has 2 N–H and O–H groups in total. The number of halogens is 3. The molecule has 3 rings (SSSR count). The molecule has 1 unspecified atom stereocenters. The molecule has 6 heteroatoms. The molecule has 0 amide bonds. The van der Waals surface area contributed by atoms with Gasteiger partial charge in [0.25, 0.3) is 6.02 Å². The SMILES string of the molecule is NC1=N[C@@]2(CCCc3ccccc32)C(F)(F)C(Br)O1. The van der Waals surface area contributed by atoms with Gasteiger partial charge in [0.15, 0.2) is 5.54 Å². The Morgan fingerprint density at radius 3 is 2.89 bits per heavy atom. The second-order valence-corrected chi connectivity index (χ2v) is 5.71. The molecule has 0 radical (unpaired) electrons. The van der Waals surface area contributed by atoms with Crippen LogP contribution in [0.4, 0.5) is 8.78 Å². The van der Waals surface area contributed by atoms with Crippen LogP contribution in [0.3, 0.4) is 0 Å². The smallest absolute Gasteiger partial charge is 0.322 e. The number of rotatable bonds is 0. The third-order valence-electron chi connectivity index (χ3n) is 3.81. The van der Waals surface area contributed by atoms with Crippen molar-refractivity contribution < 1.29 is 13.5 Å². The summed E-state index contributed by atoms with van der Waals surface area (Å²) in [5.41, 5.74) is 5.43. The number of hydrogen-bond acceptors (Lipinski definition) is 3. The van der Waals surface area contributed by atoms with Crippen molar-refractivity contribution in [2.45, 2.75) is 35.7 Å². The Bertz CT molecular complexity index is 549. The topological polar surface area (TPSA) is 47.6 Å². The summed E-state index contributed by atoms with van der Waals surface area (Å²) in [4.78, 5) is 4.01. The first kappa shape index (κ1) is 12.8. The van der Waals surface area contributed by atoms with E-state index in [1.165, 1.54) is 0 Å². The molecule has 0 bridgehead atoms. The summed E-state index contributed by atoms with van der Waals surface area (Å²) in [6.45, 7) is 0. The van der Waals surface area contributed by atoms with Crippen LogP contribution in [0.2, 0.25) is 0 Å². The summed E-state index contributed by atoms with van der Waals surface area (Å²) >= 11 is 2.88. The lowest BCUT2D eigenvalue weighted by molar-refractivity contribution is -0.139. The highest BCUT2D eigenvalue weighted by atomic mass is 79.9. The van der Waals surface area contributed by atoms with E-state index in [0.717, 1.165) is 12.0 Å². The summed E-state index contributed by atoms with van der Waals surface area (Å²) < 4.78 is 34.2. The Morgan fingerprint density at radius 2 is 2.11 bits per heavy atom. The first-order valence-corrected chi connectivity index (χ1v) is 7.01. The molecular weight excluding hydrogens is 318 g/mol. The minimum atomic E-state index is -3.15. The zero-order chi connectivity index (χ0) is 13.7. The highest BCUT2D eigenvalue weighted by Gasteiger charge is 2.63. The Labute approximate surface area is 118 Å². The van der Waals surface area contributed by atoms with Crippen LogP contribution >= 0.6 is 15.9 Å². The van der Waals surface area contributed by atoms with Crippen molar-refractivity contribution in [1.82, 2.24) is 0 Å². The fourth-order valence-electron chi connectivity index (χ4n) is 2.93. The number of nitrogens with zero attached hydrogens (tertiary/aromatic N) is 1. The molecule has 1 heterocycles. The average Bonchev–Trinajstić information content (AvgIpc) is 2.37. The number of fused-ring (bicyclic) bond motifs is 2. The Hall–Kier alpha value is -1.17. The van der Waals surface area contributed by atoms with E-state index in [4.69, 9.17) is 10.5 Å². The largest absolute Gasteiger partial charge is 0.444 e. The maximum atomic E-state index is 14.7. The van der Waals surface area contributed by atoms with E-state index < -0.39 is 16.5 Å². The fourth-order valence-corrected chi connectivity index (χ4v) is 3.50. The molecule has 1 spiro atoms. The molecular formula is C13H13BrF2N2O. The summed E-state index contributed by atoms with van der Waals surface area (Å²) in [5.74, 6) is -3.15. The Balaban J connectivity index is 2.25. The van der Waals surface area contributed by atoms with Crippen LogP contribution in [0, 0.1) is 0 Å². The fraction of sp³-hybridized carbons (Fsp3) is 0.462. The summed E-state index contributed by atoms with van der Waals surface area (Å²) in [6, 6.07) is 7.01. The van der Waals surface area contributed by atoms with Gasteiger partial charge in [-0.3, -0.25) is 0 Å². The molecule has 1 aliphatic carbocycles. The van der Waals surface area contributed by atoms with Crippen LogP contribution < -0.4 is 5.73 Å². The minimum Gasteiger partial charge on any atom is -0.444 e. The predicted molar refractivity (Wildman–Crippen MR) is 71.4 cm³/mol. The lowest BCUT2D eigenvalue weighted by Gasteiger charge is -2.45. The number of nitrogens with two attached hydrogens (primary N) is 1. The second-order valence-electron chi connectivity index (χ2n) is 4.88. The maximum Gasteiger partial charge on any atom is 0.322 e. The second kappa shape index (κ2) is 4.16. The number of benzene rings is 1. The molecule has 19 heavy (non-hydrogen) atoms. The summed E-state index contributed by atoms with van der Waals surface area (Å²) in [6.07, 6.45) is 1.71. The van der Waals surface area contributed by atoms with Crippen LogP contribution in [0.15, 0.2) is 29.3 Å². The zero-order valence-electron chi connectivity index (χ0n) is 10.1. The lowest BCUT2D eigenvalue weighted by atomic mass is 9.73. The summed E-state index contributed by atoms with van der Waals surface area (Å²) in [5, 5.41) is -1.45. The molecule has 1 aliphatic heterocycles. The molecule has 2 atom stereocenters. The van der Waals surface area contributed by atoms with E-state index in [2.05, 4.69) is 20.9 Å². The molecule has 102 valence electrons. The third-order valence-corrected chi connectivity index (χ3v) is 4.57. The van der Waals surface area contributed by atoms with Crippen LogP contribution in [-0.2, 0) is 16.7 Å². The van der Waals surface area contributed by atoms with Gasteiger partial charge in [0.05, 0.1) is 0 Å². The predicted octanol–water partition coefficient (Wildman–Crippen LogP) is 2.92. The van der Waals surface area contributed by atoms with Gasteiger partial charge in [-0.15, -0.1) is 0 Å². The van der Waals surface area contributed by atoms with Crippen LogP contribution in [0.1, 0.15) is 24.0 Å². The van der Waals surface area contributed by atoms with Gasteiger partial charge in [-0.1, -0.05) is 24.3 Å². The number of alkyl halides is 3. The number of aliphatic imine (C=N–C) groups is 1. The minimum absolute atomic E-state index is 0.190. The average molecular weight is 331 g/mol.